The van der Waals surface area contributed by atoms with E-state index in [1.165, 1.54) is 27.9 Å². The van der Waals surface area contributed by atoms with Crippen LogP contribution in [0.3, 0.4) is 0 Å². The van der Waals surface area contributed by atoms with Gasteiger partial charge in [0.15, 0.2) is 18.2 Å². The standard InChI is InChI=1S/C17H17ClN6O4/c1-21(10-15-12(18)9-19-22(15)2)17(25)13-7-8-23(20-13)11-28-16-6-4-3-5-14(16)24(26)27/h3-9H,10-11H2,1-2H3. The number of nitrogens with zero attached hydrogens (tertiary/aromatic N) is 6. The molecular formula is C17H17ClN6O4. The van der Waals surface area contributed by atoms with Crippen LogP contribution in [-0.2, 0) is 20.3 Å². The molecule has 28 heavy (non-hydrogen) atoms. The van der Waals surface area contributed by atoms with Crippen LogP contribution in [0.2, 0.25) is 5.02 Å². The third kappa shape index (κ3) is 4.12. The second kappa shape index (κ2) is 8.09. The van der Waals surface area contributed by atoms with E-state index in [0.717, 1.165) is 0 Å². The molecule has 0 radical (unpaired) electrons. The molecule has 0 atom stereocenters. The lowest BCUT2D eigenvalue weighted by atomic mass is 10.3. The van der Waals surface area contributed by atoms with Crippen LogP contribution < -0.4 is 4.74 Å². The largest absolute Gasteiger partial charge is 0.464 e. The second-order valence-corrected chi connectivity index (χ2v) is 6.37. The summed E-state index contributed by atoms with van der Waals surface area (Å²) in [6.07, 6.45) is 3.08. The molecule has 2 heterocycles. The van der Waals surface area contributed by atoms with Crippen LogP contribution in [0.1, 0.15) is 16.2 Å². The number of nitro benzene ring substituents is 1. The number of rotatable bonds is 7. The van der Waals surface area contributed by atoms with Gasteiger partial charge in [-0.25, -0.2) is 4.68 Å². The van der Waals surface area contributed by atoms with Gasteiger partial charge in [0.2, 0.25) is 0 Å². The van der Waals surface area contributed by atoms with E-state index in [0.29, 0.717) is 10.7 Å². The Hall–Kier alpha value is -3.40. The van der Waals surface area contributed by atoms with Crippen LogP contribution in [-0.4, -0.2) is 42.3 Å². The Morgan fingerprint density at radius 2 is 2.11 bits per heavy atom. The maximum atomic E-state index is 12.6. The van der Waals surface area contributed by atoms with E-state index in [1.54, 1.807) is 43.2 Å². The summed E-state index contributed by atoms with van der Waals surface area (Å²) in [5.41, 5.74) is 0.780. The highest BCUT2D eigenvalue weighted by atomic mass is 35.5. The quantitative estimate of drug-likeness (QED) is 0.442. The molecule has 2 aromatic heterocycles. The molecule has 3 aromatic rings. The maximum Gasteiger partial charge on any atom is 0.311 e. The molecule has 0 saturated carbocycles. The molecule has 1 aromatic carbocycles. The number of nitro groups is 1. The first-order chi connectivity index (χ1) is 13.4. The van der Waals surface area contributed by atoms with Crippen molar-refractivity contribution in [2.45, 2.75) is 13.3 Å². The van der Waals surface area contributed by atoms with E-state index >= 15 is 0 Å². The van der Waals surface area contributed by atoms with Crippen LogP contribution in [0.15, 0.2) is 42.7 Å². The lowest BCUT2D eigenvalue weighted by molar-refractivity contribution is -0.386. The first-order valence-electron chi connectivity index (χ1n) is 8.18. The fourth-order valence-corrected chi connectivity index (χ4v) is 2.75. The molecule has 0 bridgehead atoms. The van der Waals surface area contributed by atoms with Crippen molar-refractivity contribution >= 4 is 23.2 Å². The average molecular weight is 405 g/mol. The third-order valence-corrected chi connectivity index (χ3v) is 4.33. The molecule has 3 rings (SSSR count). The van der Waals surface area contributed by atoms with Crippen molar-refractivity contribution in [2.24, 2.45) is 7.05 Å². The monoisotopic (exact) mass is 404 g/mol. The van der Waals surface area contributed by atoms with Crippen molar-refractivity contribution in [1.29, 1.82) is 0 Å². The number of halogens is 1. The molecular weight excluding hydrogens is 388 g/mol. The number of aryl methyl sites for hydroxylation is 1. The summed E-state index contributed by atoms with van der Waals surface area (Å²) in [6.45, 7) is 0.198. The summed E-state index contributed by atoms with van der Waals surface area (Å²) in [7, 11) is 3.38. The molecule has 0 unspecified atom stereocenters. The Labute approximate surface area is 165 Å². The number of hydrogen-bond acceptors (Lipinski definition) is 6. The predicted octanol–water partition coefficient (Wildman–Crippen LogP) is 2.49. The van der Waals surface area contributed by atoms with Crippen LogP contribution in [0, 0.1) is 10.1 Å². The van der Waals surface area contributed by atoms with E-state index in [-0.39, 0.29) is 36.3 Å². The van der Waals surface area contributed by atoms with Crippen molar-refractivity contribution in [3.8, 4) is 5.75 Å². The highest BCUT2D eigenvalue weighted by Crippen LogP contribution is 2.26. The van der Waals surface area contributed by atoms with Gasteiger partial charge in [-0.3, -0.25) is 19.6 Å². The second-order valence-electron chi connectivity index (χ2n) is 5.96. The van der Waals surface area contributed by atoms with Gasteiger partial charge in [0.05, 0.1) is 28.4 Å². The zero-order chi connectivity index (χ0) is 20.3. The average Bonchev–Trinajstić information content (AvgIpc) is 3.28. The smallest absolute Gasteiger partial charge is 0.311 e. The summed E-state index contributed by atoms with van der Waals surface area (Å²) in [5.74, 6) is -0.180. The van der Waals surface area contributed by atoms with Crippen LogP contribution in [0.25, 0.3) is 0 Å². The van der Waals surface area contributed by atoms with Gasteiger partial charge in [-0.2, -0.15) is 10.2 Å². The van der Waals surface area contributed by atoms with E-state index < -0.39 is 4.92 Å². The molecule has 10 nitrogen and oxygen atoms in total. The van der Waals surface area contributed by atoms with Gasteiger partial charge in [-0.15, -0.1) is 0 Å². The Morgan fingerprint density at radius 1 is 1.36 bits per heavy atom. The molecule has 0 aliphatic rings. The summed E-state index contributed by atoms with van der Waals surface area (Å²) in [5, 5.41) is 19.7. The summed E-state index contributed by atoms with van der Waals surface area (Å²) >= 11 is 6.07. The topological polar surface area (TPSA) is 108 Å². The van der Waals surface area contributed by atoms with Crippen LogP contribution in [0.5, 0.6) is 5.75 Å². The molecule has 0 aliphatic heterocycles. The highest BCUT2D eigenvalue weighted by Gasteiger charge is 2.19. The minimum Gasteiger partial charge on any atom is -0.464 e. The van der Waals surface area contributed by atoms with Gasteiger partial charge in [-0.05, 0) is 12.1 Å². The van der Waals surface area contributed by atoms with E-state index in [2.05, 4.69) is 10.2 Å². The van der Waals surface area contributed by atoms with Crippen molar-refractivity contribution in [3.63, 3.8) is 0 Å². The highest BCUT2D eigenvalue weighted by molar-refractivity contribution is 6.31. The van der Waals surface area contributed by atoms with Gasteiger partial charge >= 0.3 is 5.69 Å². The summed E-state index contributed by atoms with van der Waals surface area (Å²) < 4.78 is 8.45. The Morgan fingerprint density at radius 3 is 2.79 bits per heavy atom. The van der Waals surface area contributed by atoms with Gasteiger partial charge in [0.25, 0.3) is 5.91 Å². The molecule has 0 N–H and O–H groups in total. The zero-order valence-corrected chi connectivity index (χ0v) is 15.9. The number of para-hydroxylation sites is 2. The number of carbonyl (C=O) groups excluding carboxylic acids is 1. The van der Waals surface area contributed by atoms with Crippen molar-refractivity contribution in [3.05, 3.63) is 69.3 Å². The molecule has 0 saturated heterocycles. The van der Waals surface area contributed by atoms with Gasteiger partial charge in [0.1, 0.15) is 0 Å². The molecule has 1 amide bonds. The maximum absolute atomic E-state index is 12.6. The fourth-order valence-electron chi connectivity index (χ4n) is 2.52. The number of carbonyl (C=O) groups is 1. The first kappa shape index (κ1) is 19.4. The number of amides is 1. The van der Waals surface area contributed by atoms with E-state index in [9.17, 15) is 14.9 Å². The third-order valence-electron chi connectivity index (χ3n) is 4.02. The molecule has 0 spiro atoms. The van der Waals surface area contributed by atoms with Crippen LogP contribution in [0.4, 0.5) is 5.69 Å². The Kier molecular flexibility index (Phi) is 5.59. The van der Waals surface area contributed by atoms with Crippen molar-refractivity contribution in [1.82, 2.24) is 24.5 Å². The molecule has 146 valence electrons. The Bertz CT molecular complexity index is 995. The SMILES string of the molecule is CN(Cc1c(Cl)cnn1C)C(=O)c1ccn(COc2ccccc2[N+](=O)[O-])n1. The minimum atomic E-state index is -0.522. The van der Waals surface area contributed by atoms with Gasteiger partial charge in [-0.1, -0.05) is 23.7 Å². The predicted molar refractivity (Wildman–Crippen MR) is 100.0 cm³/mol. The lowest BCUT2D eigenvalue weighted by Gasteiger charge is -2.16. The van der Waals surface area contributed by atoms with Crippen LogP contribution >= 0.6 is 11.6 Å². The molecule has 0 aliphatic carbocycles. The number of hydrogen-bond donors (Lipinski definition) is 0. The number of ether oxygens (including phenoxy) is 1. The van der Waals surface area contributed by atoms with Gasteiger partial charge in [0, 0.05) is 26.4 Å². The van der Waals surface area contributed by atoms with E-state index in [1.807, 2.05) is 0 Å². The lowest BCUT2D eigenvalue weighted by Crippen LogP contribution is -2.28. The van der Waals surface area contributed by atoms with E-state index in [4.69, 9.17) is 16.3 Å². The molecule has 0 fully saturated rings. The number of benzene rings is 1. The Balaban J connectivity index is 1.65. The number of aromatic nitrogens is 4. The van der Waals surface area contributed by atoms with Crippen molar-refractivity contribution in [2.75, 3.05) is 7.05 Å². The van der Waals surface area contributed by atoms with Crippen molar-refractivity contribution < 1.29 is 14.5 Å². The zero-order valence-electron chi connectivity index (χ0n) is 15.1. The summed E-state index contributed by atoms with van der Waals surface area (Å²) in [4.78, 5) is 24.5. The fraction of sp³-hybridized carbons (Fsp3) is 0.235. The summed E-state index contributed by atoms with van der Waals surface area (Å²) in [6, 6.07) is 7.59. The molecule has 11 heteroatoms. The minimum absolute atomic E-state index is 0.0740. The first-order valence-corrected chi connectivity index (χ1v) is 8.56. The van der Waals surface area contributed by atoms with Gasteiger partial charge < -0.3 is 9.64 Å². The normalized spacial score (nSPS) is 10.7.